The Labute approximate surface area is 442 Å². The number of aromatic nitrogens is 1. The molecular formula is C51H67N11O11S2. The zero-order valence-corrected chi connectivity index (χ0v) is 43.5. The van der Waals surface area contributed by atoms with E-state index in [0.29, 0.717) is 29.5 Å². The number of carbonyl (C=O) groups is 9. The minimum atomic E-state index is -1.58. The molecule has 22 nitrogen and oxygen atoms in total. The summed E-state index contributed by atoms with van der Waals surface area (Å²) >= 11 is 0. The SMILES string of the molecule is CC(C)[C@H](NC(=O)[C@@H]1CSSC[C@H](NC(=O)[C@@H](N)CC(=O)O)C(=O)N[C@@H](Cc2ccccc2)C(=O)N(C)[C@@H](Cc2c[nH]c3ccccc23)C(=O)N[C@@H](CCCCN)C(=O)N[C@@H](Cc2ccc(O)cc2)C(=O)N1)C(N)=O. The van der Waals surface area contributed by atoms with Crippen molar-refractivity contribution in [1.82, 2.24) is 41.8 Å². The number of carboxylic acids is 1. The molecule has 0 aliphatic carbocycles. The van der Waals surface area contributed by atoms with Crippen molar-refractivity contribution in [3.8, 4) is 5.75 Å². The minimum Gasteiger partial charge on any atom is -0.508 e. The maximum atomic E-state index is 15.1. The molecule has 24 heteroatoms. The van der Waals surface area contributed by atoms with Gasteiger partial charge in [-0.2, -0.15) is 0 Å². The molecule has 5 rings (SSSR count). The summed E-state index contributed by atoms with van der Waals surface area (Å²) in [5.74, 6) is -9.08. The maximum absolute atomic E-state index is 15.1. The predicted octanol–water partition coefficient (Wildman–Crippen LogP) is 0.105. The lowest BCUT2D eigenvalue weighted by Gasteiger charge is -2.33. The lowest BCUT2D eigenvalue weighted by atomic mass is 9.99. The van der Waals surface area contributed by atoms with Crippen LogP contribution in [0.15, 0.2) is 85.1 Å². The van der Waals surface area contributed by atoms with Crippen LogP contribution in [0.25, 0.3) is 10.9 Å². The van der Waals surface area contributed by atoms with Crippen molar-refractivity contribution in [2.75, 3.05) is 25.1 Å². The summed E-state index contributed by atoms with van der Waals surface area (Å²) in [6, 6.07) is 10.8. The highest BCUT2D eigenvalue weighted by Gasteiger charge is 2.38. The molecule has 1 aliphatic rings. The van der Waals surface area contributed by atoms with Gasteiger partial charge in [-0.15, -0.1) is 0 Å². The molecule has 0 saturated carbocycles. The van der Waals surface area contributed by atoms with Gasteiger partial charge in [0.25, 0.3) is 0 Å². The Kier molecular flexibility index (Phi) is 22.3. The number of likely N-dealkylation sites (N-methyl/N-ethyl adjacent to an activating group) is 1. The number of nitrogens with two attached hydrogens (primary N) is 3. The lowest BCUT2D eigenvalue weighted by molar-refractivity contribution is -0.143. The number of aliphatic carboxylic acids is 1. The minimum absolute atomic E-state index is 0.0400. The van der Waals surface area contributed by atoms with Crippen LogP contribution < -0.4 is 49.1 Å². The number of aromatic amines is 1. The number of unbranched alkanes of at least 4 members (excludes halogenated alkanes) is 1. The highest BCUT2D eigenvalue weighted by molar-refractivity contribution is 8.76. The van der Waals surface area contributed by atoms with E-state index in [0.717, 1.165) is 32.5 Å². The van der Waals surface area contributed by atoms with Gasteiger partial charge in [0.2, 0.25) is 47.3 Å². The number of benzene rings is 3. The molecule has 8 atom stereocenters. The quantitative estimate of drug-likeness (QED) is 0.0465. The van der Waals surface area contributed by atoms with Gasteiger partial charge in [-0.3, -0.25) is 43.2 Å². The number of phenols is 1. The Morgan fingerprint density at radius 2 is 1.37 bits per heavy atom. The van der Waals surface area contributed by atoms with E-state index in [9.17, 15) is 43.8 Å². The van der Waals surface area contributed by atoms with Gasteiger partial charge in [-0.25, -0.2) is 0 Å². The van der Waals surface area contributed by atoms with Gasteiger partial charge in [0.15, 0.2) is 0 Å². The number of carbonyl (C=O) groups excluding carboxylic acids is 8. The van der Waals surface area contributed by atoms with Gasteiger partial charge in [0.05, 0.1) is 12.5 Å². The van der Waals surface area contributed by atoms with Crippen LogP contribution in [0.4, 0.5) is 0 Å². The number of hydrogen-bond acceptors (Lipinski definition) is 14. The first-order valence-corrected chi connectivity index (χ1v) is 26.9. The molecule has 0 unspecified atom stereocenters. The number of nitrogens with zero attached hydrogens (tertiary/aromatic N) is 1. The summed E-state index contributed by atoms with van der Waals surface area (Å²) in [7, 11) is 3.35. The molecule has 0 radical (unpaired) electrons. The van der Waals surface area contributed by atoms with Crippen LogP contribution in [0, 0.1) is 5.92 Å². The molecule has 3 aromatic carbocycles. The number of nitrogens with one attached hydrogen (secondary N) is 7. The Morgan fingerprint density at radius 3 is 2.04 bits per heavy atom. The molecule has 75 heavy (non-hydrogen) atoms. The molecule has 15 N–H and O–H groups in total. The van der Waals surface area contributed by atoms with Crippen molar-refractivity contribution in [2.45, 2.75) is 107 Å². The van der Waals surface area contributed by atoms with Gasteiger partial charge in [0.1, 0.15) is 48.0 Å². The van der Waals surface area contributed by atoms with Crippen molar-refractivity contribution in [1.29, 1.82) is 0 Å². The number of H-pyrrole nitrogens is 1. The molecule has 1 fully saturated rings. The Morgan fingerprint density at radius 1 is 0.760 bits per heavy atom. The van der Waals surface area contributed by atoms with Gasteiger partial charge < -0.3 is 69.2 Å². The van der Waals surface area contributed by atoms with Crippen LogP contribution in [0.2, 0.25) is 0 Å². The smallest absolute Gasteiger partial charge is 0.305 e. The van der Waals surface area contributed by atoms with Crippen LogP contribution in [0.5, 0.6) is 5.75 Å². The standard InChI is InChI=1S/C51H67N11O11S2/c1-28(2)43(44(54)66)61-49(71)40-27-75-74-26-39(59-45(67)34(53)24-42(64)65)48(70)58-38(22-29-11-5-4-6-12-29)51(73)62(3)41(23-31-25-55-35-14-8-7-13-33(31)35)50(72)56-36(15-9-10-20-52)46(68)57-37(47(69)60-40)21-30-16-18-32(63)19-17-30/h4-8,11-14,16-19,25,28,34,36-41,43,55,63H,9-10,15,20-24,26-27,52-53H2,1-3H3,(H2,54,66)(H,56,72)(H,57,68)(H,58,70)(H,59,67)(H,60,69)(H,61,71)(H,64,65)/t34-,36-,37-,38-,39-,40-,41-,43-/m0/s1. The highest BCUT2D eigenvalue weighted by atomic mass is 33.1. The maximum Gasteiger partial charge on any atom is 0.305 e. The normalized spacial score (nSPS) is 21.5. The monoisotopic (exact) mass is 1070 g/mol. The Balaban J connectivity index is 1.64. The molecule has 2 heterocycles. The summed E-state index contributed by atoms with van der Waals surface area (Å²) in [5, 5.41) is 36.4. The van der Waals surface area contributed by atoms with Gasteiger partial charge in [0, 0.05) is 54.9 Å². The van der Waals surface area contributed by atoms with Crippen LogP contribution in [0.1, 0.15) is 56.2 Å². The van der Waals surface area contributed by atoms with E-state index in [1.54, 1.807) is 50.4 Å². The molecule has 0 spiro atoms. The third-order valence-corrected chi connectivity index (χ3v) is 14.9. The van der Waals surface area contributed by atoms with Gasteiger partial charge in [-0.1, -0.05) is 96.1 Å². The van der Waals surface area contributed by atoms with Crippen molar-refractivity contribution in [2.24, 2.45) is 23.1 Å². The summed E-state index contributed by atoms with van der Waals surface area (Å²) in [4.78, 5) is 130. The van der Waals surface area contributed by atoms with Crippen molar-refractivity contribution in [3.05, 3.63) is 102 Å². The van der Waals surface area contributed by atoms with E-state index in [4.69, 9.17) is 17.2 Å². The predicted molar refractivity (Wildman–Crippen MR) is 284 cm³/mol. The van der Waals surface area contributed by atoms with Gasteiger partial charge >= 0.3 is 5.97 Å². The average molecular weight is 1070 g/mol. The molecule has 0 bridgehead atoms. The Bertz CT molecular complexity index is 2640. The van der Waals surface area contributed by atoms with Gasteiger partial charge in [-0.05, 0) is 66.6 Å². The number of hydrogen-bond donors (Lipinski definition) is 12. The fourth-order valence-corrected chi connectivity index (χ4v) is 10.6. The van der Waals surface area contributed by atoms with Crippen molar-refractivity contribution < 1.29 is 53.4 Å². The second-order valence-electron chi connectivity index (χ2n) is 18.6. The van der Waals surface area contributed by atoms with E-state index >= 15 is 9.59 Å². The number of phenolic OH excluding ortho intramolecular Hbond substituents is 1. The first kappa shape index (κ1) is 58.7. The molecular weight excluding hydrogens is 1010 g/mol. The molecule has 1 aliphatic heterocycles. The molecule has 8 amide bonds. The summed E-state index contributed by atoms with van der Waals surface area (Å²) in [6.45, 7) is 3.57. The molecule has 4 aromatic rings. The van der Waals surface area contributed by atoms with Crippen LogP contribution >= 0.6 is 21.6 Å². The second kappa shape index (κ2) is 28.5. The van der Waals surface area contributed by atoms with E-state index in [-0.39, 0.29) is 49.5 Å². The third kappa shape index (κ3) is 17.5. The summed E-state index contributed by atoms with van der Waals surface area (Å²) < 4.78 is 0. The molecule has 404 valence electrons. The fourth-order valence-electron chi connectivity index (χ4n) is 8.26. The fraction of sp³-hybridized carbons (Fsp3) is 0.431. The number of rotatable bonds is 18. The second-order valence-corrected chi connectivity index (χ2v) is 21.1. The zero-order chi connectivity index (χ0) is 54.8. The number of aromatic hydroxyl groups is 1. The van der Waals surface area contributed by atoms with Crippen LogP contribution in [-0.2, 0) is 62.4 Å². The number of primary amides is 1. The Hall–Kier alpha value is -7.15. The number of para-hydroxylation sites is 1. The van der Waals surface area contributed by atoms with Crippen LogP contribution in [-0.4, -0.2) is 147 Å². The number of carboxylic acid groups (broad SMARTS) is 1. The number of fused-ring (bicyclic) bond motifs is 1. The summed E-state index contributed by atoms with van der Waals surface area (Å²) in [6.07, 6.45) is 1.43. The first-order chi connectivity index (χ1) is 35.8. The van der Waals surface area contributed by atoms with Crippen molar-refractivity contribution in [3.63, 3.8) is 0 Å². The zero-order valence-electron chi connectivity index (χ0n) is 41.9. The average Bonchev–Trinajstić information content (AvgIpc) is 3.79. The summed E-state index contributed by atoms with van der Waals surface area (Å²) in [5.41, 5.74) is 19.9. The number of amides is 8. The molecule has 1 aromatic heterocycles. The molecule has 1 saturated heterocycles. The van der Waals surface area contributed by atoms with E-state index < -0.39 is 114 Å². The first-order valence-electron chi connectivity index (χ1n) is 24.4. The topological polar surface area (TPSA) is 363 Å². The third-order valence-electron chi connectivity index (χ3n) is 12.5. The highest BCUT2D eigenvalue weighted by Crippen LogP contribution is 2.25. The van der Waals surface area contributed by atoms with Crippen LogP contribution in [0.3, 0.4) is 0 Å². The van der Waals surface area contributed by atoms with E-state index in [1.165, 1.54) is 36.2 Å². The lowest BCUT2D eigenvalue weighted by Crippen LogP contribution is -2.61. The largest absolute Gasteiger partial charge is 0.508 e. The van der Waals surface area contributed by atoms with E-state index in [1.807, 2.05) is 24.3 Å². The van der Waals surface area contributed by atoms with E-state index in [2.05, 4.69) is 36.9 Å². The van der Waals surface area contributed by atoms with Crippen molar-refractivity contribution >= 4 is 85.7 Å².